The van der Waals surface area contributed by atoms with E-state index in [1.165, 1.54) is 0 Å². The van der Waals surface area contributed by atoms with Crippen LogP contribution in [0.5, 0.6) is 5.75 Å². The van der Waals surface area contributed by atoms with Gasteiger partial charge >= 0.3 is 0 Å². The van der Waals surface area contributed by atoms with Crippen molar-refractivity contribution in [2.75, 3.05) is 7.11 Å². The lowest BCUT2D eigenvalue weighted by atomic mass is 10.0. The zero-order valence-corrected chi connectivity index (χ0v) is 21.2. The van der Waals surface area contributed by atoms with Gasteiger partial charge in [0.25, 0.3) is 5.91 Å². The van der Waals surface area contributed by atoms with Crippen LogP contribution >= 0.6 is 11.3 Å². The van der Waals surface area contributed by atoms with Crippen LogP contribution in [0.4, 0.5) is 0 Å². The van der Waals surface area contributed by atoms with Gasteiger partial charge < -0.3 is 10.1 Å². The number of ether oxygens (including phenoxy) is 1. The summed E-state index contributed by atoms with van der Waals surface area (Å²) in [6, 6.07) is 19.1. The maximum absolute atomic E-state index is 12.7. The van der Waals surface area contributed by atoms with E-state index in [2.05, 4.69) is 32.5 Å². The van der Waals surface area contributed by atoms with E-state index in [1.54, 1.807) is 30.7 Å². The molecule has 0 aliphatic rings. The highest BCUT2D eigenvalue weighted by atomic mass is 32.1. The number of rotatable bonds is 7. The molecule has 5 aromatic rings. The fourth-order valence-electron chi connectivity index (χ4n) is 3.49. The summed E-state index contributed by atoms with van der Waals surface area (Å²) in [6.07, 6.45) is 4.65. The number of nitrogens with one attached hydrogen (secondary N) is 2. The Hall–Kier alpha value is -4.24. The maximum atomic E-state index is 12.7. The van der Waals surface area contributed by atoms with Crippen molar-refractivity contribution in [1.29, 1.82) is 0 Å². The van der Waals surface area contributed by atoms with Crippen molar-refractivity contribution < 1.29 is 9.53 Å². The lowest BCUT2D eigenvalue weighted by molar-refractivity contribution is 0.0951. The molecule has 0 saturated heterocycles. The maximum Gasteiger partial charge on any atom is 0.252 e. The number of nitrogens with zero attached hydrogens (tertiary/aromatic N) is 4. The molecule has 0 aliphatic carbocycles. The number of amides is 1. The van der Waals surface area contributed by atoms with Crippen molar-refractivity contribution in [3.8, 4) is 27.6 Å². The molecule has 2 N–H and O–H groups in total. The van der Waals surface area contributed by atoms with E-state index in [0.29, 0.717) is 12.1 Å². The Kier molecular flexibility index (Phi) is 8.25. The van der Waals surface area contributed by atoms with Gasteiger partial charge in [-0.2, -0.15) is 10.2 Å². The van der Waals surface area contributed by atoms with Gasteiger partial charge in [0, 0.05) is 41.5 Å². The van der Waals surface area contributed by atoms with Crippen LogP contribution in [0.1, 0.15) is 28.7 Å². The normalized spacial score (nSPS) is 10.4. The number of aromatic nitrogens is 5. The van der Waals surface area contributed by atoms with Crippen LogP contribution in [0.2, 0.25) is 0 Å². The van der Waals surface area contributed by atoms with E-state index in [9.17, 15) is 4.79 Å². The topological polar surface area (TPSA) is 97.7 Å². The lowest BCUT2D eigenvalue weighted by Gasteiger charge is -2.08. The van der Waals surface area contributed by atoms with Crippen LogP contribution in [-0.2, 0) is 20.0 Å². The van der Waals surface area contributed by atoms with Crippen molar-refractivity contribution >= 4 is 17.2 Å². The first kappa shape index (κ1) is 24.9. The molecule has 2 aromatic carbocycles. The first-order chi connectivity index (χ1) is 17.6. The van der Waals surface area contributed by atoms with Gasteiger partial charge in [0.2, 0.25) is 0 Å². The number of hydrogen-bond acceptors (Lipinski definition) is 6. The van der Waals surface area contributed by atoms with Crippen molar-refractivity contribution in [2.45, 2.75) is 19.9 Å². The Morgan fingerprint density at radius 3 is 2.53 bits per heavy atom. The Balaban J connectivity index is 0.000000325. The molecule has 36 heavy (non-hydrogen) atoms. The van der Waals surface area contributed by atoms with Gasteiger partial charge in [-0.15, -0.1) is 11.3 Å². The summed E-state index contributed by atoms with van der Waals surface area (Å²) in [5.74, 6) is 0.660. The average molecular weight is 501 g/mol. The van der Waals surface area contributed by atoms with Crippen molar-refractivity contribution in [2.24, 2.45) is 7.05 Å². The molecule has 0 aliphatic heterocycles. The van der Waals surface area contributed by atoms with E-state index < -0.39 is 0 Å². The molecule has 3 heterocycles. The van der Waals surface area contributed by atoms with Gasteiger partial charge in [-0.3, -0.25) is 14.6 Å². The van der Waals surface area contributed by atoms with Crippen LogP contribution in [0.15, 0.2) is 78.4 Å². The number of thiazole rings is 1. The van der Waals surface area contributed by atoms with Gasteiger partial charge in [-0.05, 0) is 48.9 Å². The average Bonchev–Trinajstić information content (AvgIpc) is 3.70. The summed E-state index contributed by atoms with van der Waals surface area (Å²) in [5.41, 5.74) is 5.22. The van der Waals surface area contributed by atoms with Crippen LogP contribution in [0.25, 0.3) is 21.8 Å². The van der Waals surface area contributed by atoms with E-state index >= 15 is 0 Å². The monoisotopic (exact) mass is 500 g/mol. The van der Waals surface area contributed by atoms with Gasteiger partial charge in [-0.25, -0.2) is 4.98 Å². The Morgan fingerprint density at radius 1 is 1.08 bits per heavy atom. The highest BCUT2D eigenvalue weighted by Crippen LogP contribution is 2.26. The number of methoxy groups -OCH3 is 1. The predicted molar refractivity (Wildman–Crippen MR) is 142 cm³/mol. The van der Waals surface area contributed by atoms with Crippen molar-refractivity contribution in [3.63, 3.8) is 0 Å². The van der Waals surface area contributed by atoms with Gasteiger partial charge in [-0.1, -0.05) is 25.1 Å². The molecule has 0 spiro atoms. The number of carbonyl (C=O) groups is 1. The third-order valence-corrected chi connectivity index (χ3v) is 6.35. The summed E-state index contributed by atoms with van der Waals surface area (Å²) in [4.78, 5) is 17.3. The number of aromatic amines is 1. The first-order valence-electron chi connectivity index (χ1n) is 11.5. The number of hydrogen-bond donors (Lipinski definition) is 2. The Bertz CT molecular complexity index is 1390. The van der Waals surface area contributed by atoms with Crippen LogP contribution in [0.3, 0.4) is 0 Å². The highest BCUT2D eigenvalue weighted by Gasteiger charge is 2.14. The fourth-order valence-corrected chi connectivity index (χ4v) is 4.32. The molecule has 184 valence electrons. The molecular formula is C27H28N6O2S. The second kappa shape index (κ2) is 11.9. The second-order valence-corrected chi connectivity index (χ2v) is 8.76. The van der Waals surface area contributed by atoms with E-state index in [1.807, 2.05) is 77.9 Å². The van der Waals surface area contributed by atoms with Gasteiger partial charge in [0.1, 0.15) is 10.8 Å². The van der Waals surface area contributed by atoms with Crippen LogP contribution < -0.4 is 10.1 Å². The third-order valence-electron chi connectivity index (χ3n) is 5.41. The molecule has 5 rings (SSSR count). The summed E-state index contributed by atoms with van der Waals surface area (Å²) in [6.45, 7) is 2.46. The zero-order chi connectivity index (χ0) is 25.3. The molecule has 0 radical (unpaired) electrons. The molecule has 0 unspecified atom stereocenters. The Labute approximate surface area is 214 Å². The molecule has 0 atom stereocenters. The summed E-state index contributed by atoms with van der Waals surface area (Å²) in [5, 5.41) is 16.8. The summed E-state index contributed by atoms with van der Waals surface area (Å²) in [7, 11) is 3.57. The molecule has 0 saturated carbocycles. The quantitative estimate of drug-likeness (QED) is 0.323. The van der Waals surface area contributed by atoms with Gasteiger partial charge in [0.05, 0.1) is 30.7 Å². The largest absolute Gasteiger partial charge is 0.497 e. The molecule has 0 bridgehead atoms. The second-order valence-electron chi connectivity index (χ2n) is 7.91. The fraction of sp³-hybridized carbons (Fsp3) is 0.185. The molecule has 0 fully saturated rings. The molecule has 8 nitrogen and oxygen atoms in total. The number of aryl methyl sites for hydroxylation is 2. The molecular weight excluding hydrogens is 472 g/mol. The third kappa shape index (κ3) is 6.25. The molecule has 1 amide bonds. The summed E-state index contributed by atoms with van der Waals surface area (Å²) < 4.78 is 7.00. The minimum atomic E-state index is -0.149. The van der Waals surface area contributed by atoms with Crippen molar-refractivity contribution in [1.82, 2.24) is 30.3 Å². The highest BCUT2D eigenvalue weighted by molar-refractivity contribution is 7.13. The van der Waals surface area contributed by atoms with Crippen molar-refractivity contribution in [3.05, 3.63) is 95.4 Å². The molecule has 9 heteroatoms. The number of benzene rings is 2. The number of H-pyrrole nitrogens is 1. The predicted octanol–water partition coefficient (Wildman–Crippen LogP) is 5.12. The summed E-state index contributed by atoms with van der Waals surface area (Å²) >= 11 is 1.55. The van der Waals surface area contributed by atoms with Gasteiger partial charge in [0.15, 0.2) is 0 Å². The number of carbonyl (C=O) groups excluding carboxylic acids is 1. The minimum absolute atomic E-state index is 0.149. The SMILES string of the molecule is CCc1ccn(C)n1.COc1ccc(-c2nc(CNC(=O)c3ccccc3-c3ccn[nH]3)cs2)cc1. The van der Waals surface area contributed by atoms with E-state index in [-0.39, 0.29) is 5.91 Å². The standard InChI is InChI=1S/C21H18N4O2S.C6H10N2/c1-27-16-8-6-14(7-9-16)21-24-15(13-28-21)12-22-20(26)18-5-3-2-4-17(18)19-10-11-23-25-19;1-3-6-4-5-8(2)7-6/h2-11,13H,12H2,1H3,(H,22,26)(H,23,25);4-5H,3H2,1-2H3. The van der Waals surface area contributed by atoms with E-state index in [4.69, 9.17) is 4.74 Å². The smallest absolute Gasteiger partial charge is 0.252 e. The van der Waals surface area contributed by atoms with E-state index in [0.717, 1.165) is 45.4 Å². The van der Waals surface area contributed by atoms with Crippen LogP contribution in [0, 0.1) is 0 Å². The molecule has 3 aromatic heterocycles. The first-order valence-corrected chi connectivity index (χ1v) is 12.4. The Morgan fingerprint density at radius 2 is 1.89 bits per heavy atom. The minimum Gasteiger partial charge on any atom is -0.497 e. The van der Waals surface area contributed by atoms with Crippen LogP contribution in [-0.4, -0.2) is 38.0 Å². The zero-order valence-electron chi connectivity index (χ0n) is 20.4. The lowest BCUT2D eigenvalue weighted by Crippen LogP contribution is -2.23.